The molecule has 0 heterocycles. The van der Waals surface area contributed by atoms with E-state index in [1.807, 2.05) is 97.9 Å². The molecule has 0 fully saturated rings. The van der Waals surface area contributed by atoms with Gasteiger partial charge in [0, 0.05) is 12.3 Å². The highest BCUT2D eigenvalue weighted by atomic mass is 16.5. The SMILES string of the molecule is CC.CCc1ccc(OC(C)CCOc2ccc(OC(C)(C)C)cc2)c(C(=O)C(C)C)c1.O=CO. The zero-order chi connectivity index (χ0) is 27.0. The number of rotatable bonds is 10. The molecule has 0 aliphatic heterocycles. The van der Waals surface area contributed by atoms with Gasteiger partial charge in [-0.3, -0.25) is 9.59 Å². The minimum Gasteiger partial charge on any atom is -0.493 e. The van der Waals surface area contributed by atoms with E-state index in [0.717, 1.165) is 23.5 Å². The van der Waals surface area contributed by atoms with E-state index in [0.29, 0.717) is 24.3 Å². The molecule has 196 valence electrons. The maximum atomic E-state index is 12.6. The Morgan fingerprint density at radius 1 is 1.00 bits per heavy atom. The van der Waals surface area contributed by atoms with E-state index < -0.39 is 0 Å². The second-order valence-corrected chi connectivity index (χ2v) is 9.06. The molecular formula is C29H44O6. The summed E-state index contributed by atoms with van der Waals surface area (Å²) in [6.45, 7) is 18.3. The first kappa shape index (κ1) is 32.0. The van der Waals surface area contributed by atoms with Crippen molar-refractivity contribution in [2.75, 3.05) is 6.61 Å². The van der Waals surface area contributed by atoms with E-state index in [1.165, 1.54) is 0 Å². The van der Waals surface area contributed by atoms with Crippen molar-refractivity contribution < 1.29 is 28.9 Å². The molecular weight excluding hydrogens is 444 g/mol. The third-order valence-corrected chi connectivity index (χ3v) is 4.61. The number of carbonyl (C=O) groups excluding carboxylic acids is 1. The topological polar surface area (TPSA) is 82.1 Å². The van der Waals surface area contributed by atoms with Crippen molar-refractivity contribution in [2.24, 2.45) is 5.92 Å². The van der Waals surface area contributed by atoms with E-state index >= 15 is 0 Å². The first-order valence-electron chi connectivity index (χ1n) is 12.3. The fourth-order valence-electron chi connectivity index (χ4n) is 2.98. The fraction of sp³-hybridized carbons (Fsp3) is 0.517. The van der Waals surface area contributed by atoms with E-state index in [9.17, 15) is 4.79 Å². The van der Waals surface area contributed by atoms with Gasteiger partial charge in [0.2, 0.25) is 0 Å². The minimum atomic E-state index is -0.250. The molecule has 35 heavy (non-hydrogen) atoms. The Morgan fingerprint density at radius 2 is 1.54 bits per heavy atom. The number of hydrogen-bond donors (Lipinski definition) is 1. The molecule has 1 atom stereocenters. The van der Waals surface area contributed by atoms with Gasteiger partial charge in [0.15, 0.2) is 5.78 Å². The third-order valence-electron chi connectivity index (χ3n) is 4.61. The normalized spacial score (nSPS) is 11.3. The van der Waals surface area contributed by atoms with Crippen LogP contribution in [0.5, 0.6) is 17.2 Å². The van der Waals surface area contributed by atoms with E-state index in [4.69, 9.17) is 24.1 Å². The lowest BCUT2D eigenvalue weighted by atomic mass is 9.97. The summed E-state index contributed by atoms with van der Waals surface area (Å²) < 4.78 is 17.8. The highest BCUT2D eigenvalue weighted by Crippen LogP contribution is 2.26. The lowest BCUT2D eigenvalue weighted by Gasteiger charge is -2.21. The van der Waals surface area contributed by atoms with Gasteiger partial charge in [-0.25, -0.2) is 0 Å². The average Bonchev–Trinajstić information content (AvgIpc) is 2.81. The predicted molar refractivity (Wildman–Crippen MR) is 142 cm³/mol. The van der Waals surface area contributed by atoms with E-state index in [-0.39, 0.29) is 29.9 Å². The molecule has 1 N–H and O–H groups in total. The molecule has 6 nitrogen and oxygen atoms in total. The number of ketones is 1. The summed E-state index contributed by atoms with van der Waals surface area (Å²) in [4.78, 5) is 21.0. The maximum Gasteiger partial charge on any atom is 0.290 e. The Morgan fingerprint density at radius 3 is 2.03 bits per heavy atom. The van der Waals surface area contributed by atoms with Gasteiger partial charge in [0.05, 0.1) is 18.3 Å². The maximum absolute atomic E-state index is 12.6. The molecule has 6 heteroatoms. The number of carboxylic acid groups (broad SMARTS) is 1. The van der Waals surface area contributed by atoms with Crippen LogP contribution in [0.1, 0.15) is 84.7 Å². The Balaban J connectivity index is 0.00000214. The predicted octanol–water partition coefficient (Wildman–Crippen LogP) is 7.23. The summed E-state index contributed by atoms with van der Waals surface area (Å²) in [6.07, 6.45) is 1.53. The first-order chi connectivity index (χ1) is 16.5. The standard InChI is InChI=1S/C26H36O4.C2H6.CH2O2/c1-8-20-9-14-24(23(17-20)25(27)18(2)3)29-19(4)15-16-28-21-10-12-22(13-11-21)30-26(5,6)7;1-2;2-1-3/h9-14,17-19H,8,15-16H2,1-7H3;1-2H3;1H,(H,2,3). The van der Waals surface area contributed by atoms with Crippen molar-refractivity contribution in [3.63, 3.8) is 0 Å². The van der Waals surface area contributed by atoms with Crippen LogP contribution in [-0.4, -0.2) is 35.7 Å². The molecule has 2 rings (SSSR count). The molecule has 0 bridgehead atoms. The highest BCUT2D eigenvalue weighted by molar-refractivity contribution is 6.00. The molecule has 2 aromatic rings. The zero-order valence-corrected chi connectivity index (χ0v) is 22.9. The van der Waals surface area contributed by atoms with Crippen molar-refractivity contribution in [1.29, 1.82) is 0 Å². The molecule has 0 aliphatic carbocycles. The number of aryl methyl sites for hydroxylation is 1. The van der Waals surface area contributed by atoms with Gasteiger partial charge in [0.1, 0.15) is 22.8 Å². The lowest BCUT2D eigenvalue weighted by molar-refractivity contribution is -0.122. The van der Waals surface area contributed by atoms with E-state index in [1.54, 1.807) is 0 Å². The quantitative estimate of drug-likeness (QED) is 0.281. The number of benzene rings is 2. The van der Waals surface area contributed by atoms with Gasteiger partial charge in [-0.2, -0.15) is 0 Å². The van der Waals surface area contributed by atoms with Crippen LogP contribution in [0.3, 0.4) is 0 Å². The summed E-state index contributed by atoms with van der Waals surface area (Å²) in [5.41, 5.74) is 1.59. The minimum absolute atomic E-state index is 0.0664. The summed E-state index contributed by atoms with van der Waals surface area (Å²) in [5.74, 6) is 2.32. The highest BCUT2D eigenvalue weighted by Gasteiger charge is 2.18. The van der Waals surface area contributed by atoms with Crippen LogP contribution in [0.15, 0.2) is 42.5 Å². The molecule has 0 saturated carbocycles. The van der Waals surface area contributed by atoms with Crippen molar-refractivity contribution in [2.45, 2.75) is 86.9 Å². The van der Waals surface area contributed by atoms with Crippen LogP contribution >= 0.6 is 0 Å². The Bertz CT molecular complexity index is 866. The van der Waals surface area contributed by atoms with Gasteiger partial charge in [-0.1, -0.05) is 40.7 Å². The van der Waals surface area contributed by atoms with Crippen molar-refractivity contribution >= 4 is 12.3 Å². The van der Waals surface area contributed by atoms with Crippen LogP contribution in [-0.2, 0) is 11.2 Å². The van der Waals surface area contributed by atoms with Crippen molar-refractivity contribution in [1.82, 2.24) is 0 Å². The summed E-state index contributed by atoms with van der Waals surface area (Å²) >= 11 is 0. The largest absolute Gasteiger partial charge is 0.493 e. The molecule has 0 radical (unpaired) electrons. The molecule has 2 aromatic carbocycles. The number of ether oxygens (including phenoxy) is 3. The first-order valence-corrected chi connectivity index (χ1v) is 12.3. The van der Waals surface area contributed by atoms with E-state index in [2.05, 4.69) is 6.92 Å². The molecule has 0 amide bonds. The van der Waals surface area contributed by atoms with Crippen molar-refractivity contribution in [3.05, 3.63) is 53.6 Å². The molecule has 0 saturated heterocycles. The Hall–Kier alpha value is -3.02. The van der Waals surface area contributed by atoms with Gasteiger partial charge >= 0.3 is 0 Å². The second-order valence-electron chi connectivity index (χ2n) is 9.06. The Kier molecular flexibility index (Phi) is 15.1. The number of hydrogen-bond acceptors (Lipinski definition) is 5. The van der Waals surface area contributed by atoms with Gasteiger partial charge < -0.3 is 19.3 Å². The molecule has 1 unspecified atom stereocenters. The summed E-state index contributed by atoms with van der Waals surface area (Å²) in [7, 11) is 0. The van der Waals surface area contributed by atoms with Gasteiger partial charge in [-0.05, 0) is 76.1 Å². The summed E-state index contributed by atoms with van der Waals surface area (Å²) in [5, 5.41) is 6.89. The smallest absolute Gasteiger partial charge is 0.290 e. The molecule has 0 spiro atoms. The molecule has 0 aromatic heterocycles. The second kappa shape index (κ2) is 16.6. The van der Waals surface area contributed by atoms with Crippen LogP contribution in [0.25, 0.3) is 0 Å². The average molecular weight is 489 g/mol. The third kappa shape index (κ3) is 12.9. The van der Waals surface area contributed by atoms with Crippen LogP contribution < -0.4 is 14.2 Å². The zero-order valence-electron chi connectivity index (χ0n) is 22.9. The fourth-order valence-corrected chi connectivity index (χ4v) is 2.98. The molecule has 0 aliphatic rings. The number of Topliss-reactive ketones (excluding diaryl/α,β-unsaturated/α-hetero) is 1. The Labute approximate surface area is 211 Å². The van der Waals surface area contributed by atoms with Crippen LogP contribution in [0.4, 0.5) is 0 Å². The lowest BCUT2D eigenvalue weighted by Crippen LogP contribution is -2.22. The van der Waals surface area contributed by atoms with Crippen LogP contribution in [0.2, 0.25) is 0 Å². The monoisotopic (exact) mass is 488 g/mol. The van der Waals surface area contributed by atoms with Crippen LogP contribution in [0, 0.1) is 5.92 Å². The number of carbonyl (C=O) groups is 2. The summed E-state index contributed by atoms with van der Waals surface area (Å²) in [6, 6.07) is 13.6. The van der Waals surface area contributed by atoms with Crippen molar-refractivity contribution in [3.8, 4) is 17.2 Å². The van der Waals surface area contributed by atoms with Gasteiger partial charge in [0.25, 0.3) is 6.47 Å². The van der Waals surface area contributed by atoms with Gasteiger partial charge in [-0.15, -0.1) is 0 Å².